The highest BCUT2D eigenvalue weighted by molar-refractivity contribution is 6.74. The number of rotatable bonds is 7. The van der Waals surface area contributed by atoms with Crippen LogP contribution in [0, 0.1) is 11.3 Å². The van der Waals surface area contributed by atoms with Gasteiger partial charge in [-0.05, 0) is 52.2 Å². The Morgan fingerprint density at radius 1 is 1.23 bits per heavy atom. The van der Waals surface area contributed by atoms with Crippen LogP contribution >= 0.6 is 0 Å². The minimum Gasteiger partial charge on any atom is -0.461 e. The lowest BCUT2D eigenvalue weighted by Gasteiger charge is -2.52. The van der Waals surface area contributed by atoms with Gasteiger partial charge >= 0.3 is 12.1 Å². The highest BCUT2D eigenvalue weighted by Gasteiger charge is 2.64. The number of nitrogens with one attached hydrogen (secondary N) is 1. The van der Waals surface area contributed by atoms with E-state index in [9.17, 15) is 19.2 Å². The zero-order chi connectivity index (χ0) is 27.0. The first-order chi connectivity index (χ1) is 15.9. The summed E-state index contributed by atoms with van der Waals surface area (Å²) in [6.45, 7) is 20.8. The number of likely N-dealkylation sites (tertiary alicyclic amines) is 1. The first-order valence-electron chi connectivity index (χ1n) is 12.1. The monoisotopic (exact) mass is 510 g/mol. The Balaban J connectivity index is 2.35. The number of nitrogens with zero attached hydrogens (tertiary/aromatic N) is 1. The predicted octanol–water partition coefficient (Wildman–Crippen LogP) is 3.44. The molecule has 1 N–H and O–H groups in total. The van der Waals surface area contributed by atoms with E-state index in [4.69, 9.17) is 13.9 Å². The van der Waals surface area contributed by atoms with Crippen LogP contribution in [0.15, 0.2) is 12.7 Å². The van der Waals surface area contributed by atoms with Crippen molar-refractivity contribution in [2.75, 3.05) is 19.7 Å². The van der Waals surface area contributed by atoms with Gasteiger partial charge in [0, 0.05) is 6.54 Å². The van der Waals surface area contributed by atoms with Crippen molar-refractivity contribution in [1.29, 1.82) is 0 Å². The second-order valence-corrected chi connectivity index (χ2v) is 16.8. The molecule has 0 radical (unpaired) electrons. The number of piperidine rings is 1. The van der Waals surface area contributed by atoms with Gasteiger partial charge in [0.05, 0.1) is 24.6 Å². The van der Waals surface area contributed by atoms with E-state index < -0.39 is 55.2 Å². The summed E-state index contributed by atoms with van der Waals surface area (Å²) < 4.78 is 17.2. The van der Waals surface area contributed by atoms with E-state index in [0.717, 1.165) is 0 Å². The van der Waals surface area contributed by atoms with Gasteiger partial charge < -0.3 is 24.1 Å². The third kappa shape index (κ3) is 5.96. The first kappa shape index (κ1) is 29.0. The van der Waals surface area contributed by atoms with Gasteiger partial charge in [0.25, 0.3) is 0 Å². The van der Waals surface area contributed by atoms with E-state index in [1.54, 1.807) is 20.8 Å². The third-order valence-electron chi connectivity index (χ3n) is 7.24. The summed E-state index contributed by atoms with van der Waals surface area (Å²) in [5, 5.41) is 2.72. The molecule has 0 bridgehead atoms. The van der Waals surface area contributed by atoms with Gasteiger partial charge in [0.15, 0.2) is 19.5 Å². The highest BCUT2D eigenvalue weighted by atomic mass is 28.4. The number of esters is 1. The first-order valence-corrected chi connectivity index (χ1v) is 15.1. The lowest BCUT2D eigenvalue weighted by molar-refractivity contribution is -0.174. The van der Waals surface area contributed by atoms with Gasteiger partial charge in [-0.1, -0.05) is 33.4 Å². The van der Waals surface area contributed by atoms with Crippen molar-refractivity contribution in [2.24, 2.45) is 11.3 Å². The van der Waals surface area contributed by atoms with Crippen molar-refractivity contribution < 1.29 is 33.1 Å². The Kier molecular flexibility index (Phi) is 8.33. The maximum absolute atomic E-state index is 13.6. The van der Waals surface area contributed by atoms with Crippen LogP contribution in [0.2, 0.25) is 18.1 Å². The second kappa shape index (κ2) is 10.0. The van der Waals surface area contributed by atoms with Crippen LogP contribution < -0.4 is 5.32 Å². The molecule has 2 aliphatic heterocycles. The van der Waals surface area contributed by atoms with Gasteiger partial charge in [-0.25, -0.2) is 4.79 Å². The van der Waals surface area contributed by atoms with Gasteiger partial charge in [0.2, 0.25) is 5.91 Å². The molecule has 2 amide bonds. The summed E-state index contributed by atoms with van der Waals surface area (Å²) in [4.78, 5) is 53.5. The fraction of sp³-hybridized carbons (Fsp3) is 0.760. The number of β-lactam (4-membered cyclic amide) rings is 1. The summed E-state index contributed by atoms with van der Waals surface area (Å²) in [7, 11) is -2.22. The SMILES string of the molecule is C=CCOC(=O)C1([C@@H]2NC(=O)[C@@H]2[C@@H](C)O[Si](C)(C)C(C)(C)C)CCN(C(=O)OC(C)(C)C)CC1=O. The molecule has 9 nitrogen and oxygen atoms in total. The lowest BCUT2D eigenvalue weighted by atomic mass is 9.63. The normalized spacial score (nSPS) is 26.4. The molecule has 2 heterocycles. The number of Topliss-reactive ketones (excluding diaryl/α,β-unsaturated/α-hetero) is 1. The van der Waals surface area contributed by atoms with Crippen molar-refractivity contribution in [3.8, 4) is 0 Å². The van der Waals surface area contributed by atoms with Crippen LogP contribution in [0.1, 0.15) is 54.9 Å². The van der Waals surface area contributed by atoms with Crippen LogP contribution in [-0.4, -0.2) is 74.4 Å². The molecular weight excluding hydrogens is 468 g/mol. The number of carbonyl (C=O) groups excluding carboxylic acids is 4. The summed E-state index contributed by atoms with van der Waals surface area (Å²) in [6, 6.07) is -0.791. The van der Waals surface area contributed by atoms with Crippen molar-refractivity contribution in [3.63, 3.8) is 0 Å². The average Bonchev–Trinajstić information content (AvgIpc) is 2.67. The number of ether oxygens (including phenoxy) is 2. The molecule has 10 heteroatoms. The summed E-state index contributed by atoms with van der Waals surface area (Å²) >= 11 is 0. The van der Waals surface area contributed by atoms with E-state index in [-0.39, 0.29) is 37.1 Å². The summed E-state index contributed by atoms with van der Waals surface area (Å²) in [5.74, 6) is -2.17. The molecule has 1 unspecified atom stereocenters. The number of carbonyl (C=O) groups is 4. The van der Waals surface area contributed by atoms with Crippen molar-refractivity contribution in [2.45, 2.75) is 90.8 Å². The molecule has 0 aliphatic carbocycles. The minimum atomic E-state index is -2.22. The van der Waals surface area contributed by atoms with E-state index in [1.165, 1.54) is 11.0 Å². The summed E-state index contributed by atoms with van der Waals surface area (Å²) in [5.41, 5.74) is -2.34. The Morgan fingerprint density at radius 3 is 2.29 bits per heavy atom. The number of amides is 2. The molecule has 0 aromatic carbocycles. The van der Waals surface area contributed by atoms with E-state index in [0.29, 0.717) is 0 Å². The molecule has 0 saturated carbocycles. The van der Waals surface area contributed by atoms with E-state index in [2.05, 4.69) is 45.8 Å². The molecule has 2 rings (SSSR count). The van der Waals surface area contributed by atoms with Gasteiger partial charge in [0.1, 0.15) is 12.2 Å². The number of hydrogen-bond acceptors (Lipinski definition) is 7. The quantitative estimate of drug-likeness (QED) is 0.184. The fourth-order valence-electron chi connectivity index (χ4n) is 4.28. The smallest absolute Gasteiger partial charge is 0.410 e. The van der Waals surface area contributed by atoms with Crippen LogP contribution in [0.3, 0.4) is 0 Å². The molecule has 2 fully saturated rings. The lowest BCUT2D eigenvalue weighted by Crippen LogP contribution is -2.75. The predicted molar refractivity (Wildman–Crippen MR) is 134 cm³/mol. The Hall–Kier alpha value is -2.20. The van der Waals surface area contributed by atoms with Crippen LogP contribution in [0.25, 0.3) is 0 Å². The van der Waals surface area contributed by atoms with E-state index in [1.807, 2.05) is 6.92 Å². The standard InChI is InChI=1S/C25H42N2O7Si/c1-11-14-32-21(30)25(12-13-27(15-17(25)28)22(31)33-23(3,4)5)19-18(20(29)26-19)16(2)34-35(9,10)24(6,7)8/h11,16,18-19H,1,12-15H2,2-10H3,(H,26,29)/t16-,18-,19-,25?/m1/s1. The van der Waals surface area contributed by atoms with Crippen molar-refractivity contribution in [1.82, 2.24) is 10.2 Å². The fourth-order valence-corrected chi connectivity index (χ4v) is 5.71. The zero-order valence-corrected chi connectivity index (χ0v) is 23.6. The number of hydrogen-bond donors (Lipinski definition) is 1. The molecule has 2 aliphatic rings. The third-order valence-corrected chi connectivity index (χ3v) is 11.8. The van der Waals surface area contributed by atoms with Crippen LogP contribution in [0.4, 0.5) is 4.79 Å². The van der Waals surface area contributed by atoms with E-state index >= 15 is 0 Å². The molecular formula is C25H42N2O7Si. The molecule has 2 saturated heterocycles. The topological polar surface area (TPSA) is 111 Å². The Morgan fingerprint density at radius 2 is 1.83 bits per heavy atom. The van der Waals surface area contributed by atoms with Crippen molar-refractivity contribution >= 4 is 32.1 Å². The molecule has 0 spiro atoms. The molecule has 4 atom stereocenters. The molecule has 0 aromatic heterocycles. The maximum atomic E-state index is 13.6. The molecule has 35 heavy (non-hydrogen) atoms. The molecule has 0 aromatic rings. The second-order valence-electron chi connectivity index (χ2n) is 12.0. The zero-order valence-electron chi connectivity index (χ0n) is 22.6. The van der Waals surface area contributed by atoms with Gasteiger partial charge in [-0.2, -0.15) is 0 Å². The Bertz CT molecular complexity index is 874. The molecule has 198 valence electrons. The summed E-state index contributed by atoms with van der Waals surface area (Å²) in [6.07, 6.45) is 0.305. The van der Waals surface area contributed by atoms with Gasteiger partial charge in [-0.3, -0.25) is 14.4 Å². The Labute approximate surface area is 210 Å². The highest BCUT2D eigenvalue weighted by Crippen LogP contribution is 2.45. The van der Waals surface area contributed by atoms with Crippen LogP contribution in [0.5, 0.6) is 0 Å². The number of ketones is 1. The largest absolute Gasteiger partial charge is 0.461 e. The average molecular weight is 511 g/mol. The minimum absolute atomic E-state index is 0.00924. The van der Waals surface area contributed by atoms with Crippen LogP contribution in [-0.2, 0) is 28.3 Å². The van der Waals surface area contributed by atoms with Crippen molar-refractivity contribution in [3.05, 3.63) is 12.7 Å². The maximum Gasteiger partial charge on any atom is 0.410 e. The van der Waals surface area contributed by atoms with Gasteiger partial charge in [-0.15, -0.1) is 0 Å².